The molecule has 1 saturated heterocycles. The van der Waals surface area contributed by atoms with Gasteiger partial charge in [-0.3, -0.25) is 4.79 Å². The maximum atomic E-state index is 13.6. The second-order valence-electron chi connectivity index (χ2n) is 5.08. The van der Waals surface area contributed by atoms with Crippen molar-refractivity contribution in [3.8, 4) is 0 Å². The van der Waals surface area contributed by atoms with Crippen molar-refractivity contribution in [1.82, 2.24) is 4.73 Å². The first-order valence-corrected chi connectivity index (χ1v) is 7.23. The number of rotatable bonds is 2. The number of halogens is 1. The maximum absolute atomic E-state index is 13.6. The number of benzene rings is 1. The lowest BCUT2D eigenvalue weighted by molar-refractivity contribution is 0.0986. The van der Waals surface area contributed by atoms with Crippen LogP contribution < -0.4 is 10.4 Å². The van der Waals surface area contributed by atoms with Gasteiger partial charge in [0.2, 0.25) is 0 Å². The summed E-state index contributed by atoms with van der Waals surface area (Å²) in [6.45, 7) is 2.21. The van der Waals surface area contributed by atoms with Crippen LogP contribution in [0.25, 0.3) is 0 Å². The van der Waals surface area contributed by atoms with Crippen molar-refractivity contribution >= 4 is 11.6 Å². The van der Waals surface area contributed by atoms with Gasteiger partial charge in [-0.2, -0.15) is 9.72 Å². The lowest BCUT2D eigenvalue weighted by Crippen LogP contribution is -2.37. The second kappa shape index (κ2) is 6.62. The molecule has 0 atom stereocenters. The molecule has 6 nitrogen and oxygen atoms in total. The molecule has 1 amide bonds. The van der Waals surface area contributed by atoms with Gasteiger partial charge >= 0.3 is 0 Å². The molecule has 2 aromatic rings. The monoisotopic (exact) mass is 317 g/mol. The molecule has 0 unspecified atom stereocenters. The number of anilines is 1. The average Bonchev–Trinajstić information content (AvgIpc) is 2.57. The quantitative estimate of drug-likeness (QED) is 0.851. The summed E-state index contributed by atoms with van der Waals surface area (Å²) in [4.78, 5) is 18.3. The van der Waals surface area contributed by atoms with Gasteiger partial charge in [0.15, 0.2) is 5.49 Å². The zero-order chi connectivity index (χ0) is 16.2. The van der Waals surface area contributed by atoms with Gasteiger partial charge in [0.1, 0.15) is 5.82 Å². The Hall–Kier alpha value is -2.67. The number of nitrogens with zero attached hydrogens (tertiary/aromatic N) is 3. The number of carbonyl (C=O) groups excluding carboxylic acids is 1. The molecule has 0 radical (unpaired) electrons. The second-order valence-corrected chi connectivity index (χ2v) is 5.08. The van der Waals surface area contributed by atoms with Crippen LogP contribution in [0.3, 0.4) is 0 Å². The standard InChI is InChI=1S/C16H16FN3O3/c17-12-4-5-13(14(11-12)19-7-9-23-10-8-19)16(21)18-15-3-1-2-6-20(15)22/h1-6,11,22H,7-10H2. The average molecular weight is 317 g/mol. The van der Waals surface area contributed by atoms with Crippen molar-refractivity contribution < 1.29 is 19.1 Å². The van der Waals surface area contributed by atoms with Gasteiger partial charge < -0.3 is 14.8 Å². The highest BCUT2D eigenvalue weighted by atomic mass is 19.1. The molecule has 1 aliphatic heterocycles. The lowest BCUT2D eigenvalue weighted by atomic mass is 10.1. The number of carbonyl (C=O) groups is 1. The molecule has 0 saturated carbocycles. The summed E-state index contributed by atoms with van der Waals surface area (Å²) in [7, 11) is 0. The Kier molecular flexibility index (Phi) is 4.38. The van der Waals surface area contributed by atoms with Gasteiger partial charge in [0.25, 0.3) is 5.91 Å². The van der Waals surface area contributed by atoms with Crippen molar-refractivity contribution in [3.63, 3.8) is 0 Å². The van der Waals surface area contributed by atoms with E-state index in [1.165, 1.54) is 30.5 Å². The van der Waals surface area contributed by atoms with Crippen LogP contribution in [0, 0.1) is 5.82 Å². The molecule has 120 valence electrons. The molecule has 0 spiro atoms. The van der Waals surface area contributed by atoms with Gasteiger partial charge in [0, 0.05) is 19.3 Å². The summed E-state index contributed by atoms with van der Waals surface area (Å²) >= 11 is 0. The van der Waals surface area contributed by atoms with Crippen LogP contribution in [0.1, 0.15) is 10.4 Å². The minimum Gasteiger partial charge on any atom is -0.427 e. The van der Waals surface area contributed by atoms with E-state index >= 15 is 0 Å². The molecule has 3 rings (SSSR count). The van der Waals surface area contributed by atoms with Crippen LogP contribution in [-0.2, 0) is 4.74 Å². The van der Waals surface area contributed by atoms with Gasteiger partial charge in [-0.1, -0.05) is 6.07 Å². The Labute approximate surface area is 132 Å². The molecule has 1 N–H and O–H groups in total. The Morgan fingerprint density at radius 2 is 2.00 bits per heavy atom. The Balaban J connectivity index is 2.00. The smallest absolute Gasteiger partial charge is 0.281 e. The Morgan fingerprint density at radius 1 is 1.22 bits per heavy atom. The number of pyridine rings is 1. The first-order chi connectivity index (χ1) is 11.1. The zero-order valence-corrected chi connectivity index (χ0v) is 12.4. The molecule has 0 bridgehead atoms. The summed E-state index contributed by atoms with van der Waals surface area (Å²) in [5, 5.41) is 9.65. The molecule has 1 aromatic carbocycles. The molecular weight excluding hydrogens is 301 g/mol. The van der Waals surface area contributed by atoms with Gasteiger partial charge in [-0.05, 0) is 30.3 Å². The molecule has 1 fully saturated rings. The Morgan fingerprint density at radius 3 is 2.74 bits per heavy atom. The van der Waals surface area contributed by atoms with E-state index in [1.54, 1.807) is 12.1 Å². The van der Waals surface area contributed by atoms with Crippen molar-refractivity contribution in [3.05, 3.63) is 59.5 Å². The van der Waals surface area contributed by atoms with Crippen molar-refractivity contribution in [2.45, 2.75) is 0 Å². The zero-order valence-electron chi connectivity index (χ0n) is 12.4. The van der Waals surface area contributed by atoms with Crippen LogP contribution in [0.5, 0.6) is 0 Å². The number of hydrogen-bond donors (Lipinski definition) is 1. The van der Waals surface area contributed by atoms with Crippen molar-refractivity contribution in [1.29, 1.82) is 0 Å². The van der Waals surface area contributed by atoms with Crippen molar-refractivity contribution in [2.24, 2.45) is 4.99 Å². The van der Waals surface area contributed by atoms with Crippen LogP contribution in [0.2, 0.25) is 0 Å². The van der Waals surface area contributed by atoms with E-state index in [0.717, 1.165) is 4.73 Å². The topological polar surface area (TPSA) is 67.1 Å². The van der Waals surface area contributed by atoms with Gasteiger partial charge in [-0.25, -0.2) is 4.39 Å². The third kappa shape index (κ3) is 3.40. The van der Waals surface area contributed by atoms with Crippen LogP contribution in [0.4, 0.5) is 10.1 Å². The third-order valence-corrected chi connectivity index (χ3v) is 3.58. The largest absolute Gasteiger partial charge is 0.427 e. The molecule has 1 aliphatic rings. The molecular formula is C16H16FN3O3. The highest BCUT2D eigenvalue weighted by Crippen LogP contribution is 2.23. The summed E-state index contributed by atoms with van der Waals surface area (Å²) in [5.41, 5.74) is 0.884. The third-order valence-electron chi connectivity index (χ3n) is 3.58. The minimum absolute atomic E-state index is 0.106. The summed E-state index contributed by atoms with van der Waals surface area (Å²) in [6.07, 6.45) is 1.37. The molecule has 1 aromatic heterocycles. The van der Waals surface area contributed by atoms with E-state index < -0.39 is 11.7 Å². The Bertz CT molecular complexity index is 782. The highest BCUT2D eigenvalue weighted by molar-refractivity contribution is 6.00. The van der Waals surface area contributed by atoms with E-state index in [9.17, 15) is 14.4 Å². The molecule has 7 heteroatoms. The fraction of sp³-hybridized carbons (Fsp3) is 0.250. The van der Waals surface area contributed by atoms with E-state index in [-0.39, 0.29) is 11.1 Å². The fourth-order valence-electron chi connectivity index (χ4n) is 2.43. The van der Waals surface area contributed by atoms with Crippen molar-refractivity contribution in [2.75, 3.05) is 31.2 Å². The van der Waals surface area contributed by atoms with Gasteiger partial charge in [0.05, 0.1) is 24.5 Å². The fourth-order valence-corrected chi connectivity index (χ4v) is 2.43. The predicted octanol–water partition coefficient (Wildman–Crippen LogP) is 1.44. The van der Waals surface area contributed by atoms with Crippen LogP contribution in [0.15, 0.2) is 47.6 Å². The number of ether oxygens (including phenoxy) is 1. The normalized spacial score (nSPS) is 15.7. The van der Waals surface area contributed by atoms with Crippen LogP contribution >= 0.6 is 0 Å². The number of aromatic nitrogens is 1. The van der Waals surface area contributed by atoms with Crippen LogP contribution in [-0.4, -0.2) is 42.1 Å². The SMILES string of the molecule is O=C(N=c1ccccn1O)c1ccc(F)cc1N1CCOCC1. The molecule has 0 aliphatic carbocycles. The van der Waals surface area contributed by atoms with E-state index in [1.807, 2.05) is 4.90 Å². The minimum atomic E-state index is -0.541. The van der Waals surface area contributed by atoms with E-state index in [0.29, 0.717) is 32.0 Å². The highest BCUT2D eigenvalue weighted by Gasteiger charge is 2.19. The van der Waals surface area contributed by atoms with E-state index in [4.69, 9.17) is 4.74 Å². The van der Waals surface area contributed by atoms with E-state index in [2.05, 4.69) is 4.99 Å². The lowest BCUT2D eigenvalue weighted by Gasteiger charge is -2.30. The number of hydrogen-bond acceptors (Lipinski definition) is 4. The molecule has 23 heavy (non-hydrogen) atoms. The first kappa shape index (κ1) is 15.2. The predicted molar refractivity (Wildman–Crippen MR) is 80.9 cm³/mol. The summed E-state index contributed by atoms with van der Waals surface area (Å²) in [5.74, 6) is -0.958. The maximum Gasteiger partial charge on any atom is 0.281 e. The molecule has 2 heterocycles. The number of morpholine rings is 1. The summed E-state index contributed by atoms with van der Waals surface area (Å²) < 4.78 is 19.7. The van der Waals surface area contributed by atoms with Gasteiger partial charge in [-0.15, -0.1) is 0 Å². The number of amides is 1. The summed E-state index contributed by atoms with van der Waals surface area (Å²) in [6, 6.07) is 8.75. The first-order valence-electron chi connectivity index (χ1n) is 7.23.